The molecule has 3 N–H and O–H groups in total. The van der Waals surface area contributed by atoms with Crippen LogP contribution < -0.4 is 11.0 Å². The number of carbonyl (C=O) groups excluding carboxylic acids is 1. The SMILES string of the molecule is CCC(CC)C(=O)N[C@H](C)c1ccc2[nH]c(=O)[nH]c2c1. The third-order valence-electron chi connectivity index (χ3n) is 3.76. The molecule has 0 bridgehead atoms. The number of fused-ring (bicyclic) bond motifs is 1. The molecule has 0 fully saturated rings. The molecular weight excluding hydrogens is 254 g/mol. The van der Waals surface area contributed by atoms with Gasteiger partial charge in [-0.15, -0.1) is 0 Å². The van der Waals surface area contributed by atoms with Crippen LogP contribution in [0.3, 0.4) is 0 Å². The van der Waals surface area contributed by atoms with Crippen LogP contribution in [0.25, 0.3) is 11.0 Å². The first-order chi connectivity index (χ1) is 9.55. The van der Waals surface area contributed by atoms with Crippen LogP contribution in [0.15, 0.2) is 23.0 Å². The van der Waals surface area contributed by atoms with Gasteiger partial charge in [0.15, 0.2) is 0 Å². The summed E-state index contributed by atoms with van der Waals surface area (Å²) in [6.07, 6.45) is 1.69. The van der Waals surface area contributed by atoms with E-state index in [2.05, 4.69) is 15.3 Å². The van der Waals surface area contributed by atoms with Gasteiger partial charge in [0.05, 0.1) is 17.1 Å². The van der Waals surface area contributed by atoms with Gasteiger partial charge in [0.25, 0.3) is 0 Å². The van der Waals surface area contributed by atoms with Gasteiger partial charge in [0, 0.05) is 5.92 Å². The molecule has 2 rings (SSSR count). The molecule has 0 saturated carbocycles. The van der Waals surface area contributed by atoms with Crippen molar-refractivity contribution in [1.82, 2.24) is 15.3 Å². The number of imidazole rings is 1. The maximum atomic E-state index is 12.1. The maximum Gasteiger partial charge on any atom is 0.323 e. The lowest BCUT2D eigenvalue weighted by molar-refractivity contribution is -0.125. The lowest BCUT2D eigenvalue weighted by atomic mass is 10.0. The molecule has 0 saturated heterocycles. The van der Waals surface area contributed by atoms with Crippen molar-refractivity contribution in [2.24, 2.45) is 5.92 Å². The molecular formula is C15H21N3O2. The summed E-state index contributed by atoms with van der Waals surface area (Å²) in [5, 5.41) is 3.03. The van der Waals surface area contributed by atoms with Crippen molar-refractivity contribution >= 4 is 16.9 Å². The molecule has 1 aromatic carbocycles. The monoisotopic (exact) mass is 275 g/mol. The van der Waals surface area contributed by atoms with Crippen molar-refractivity contribution < 1.29 is 4.79 Å². The van der Waals surface area contributed by atoms with Crippen molar-refractivity contribution in [3.05, 3.63) is 34.2 Å². The Morgan fingerprint density at radius 1 is 1.20 bits per heavy atom. The van der Waals surface area contributed by atoms with Gasteiger partial charge >= 0.3 is 5.69 Å². The van der Waals surface area contributed by atoms with E-state index in [9.17, 15) is 9.59 Å². The number of aromatic nitrogens is 2. The number of H-pyrrole nitrogens is 2. The van der Waals surface area contributed by atoms with Gasteiger partial charge in [0.1, 0.15) is 0 Å². The summed E-state index contributed by atoms with van der Waals surface area (Å²) < 4.78 is 0. The predicted molar refractivity (Wildman–Crippen MR) is 79.5 cm³/mol. The van der Waals surface area contributed by atoms with Crippen LogP contribution in [0.5, 0.6) is 0 Å². The van der Waals surface area contributed by atoms with Crippen molar-refractivity contribution in [1.29, 1.82) is 0 Å². The molecule has 1 heterocycles. The average molecular weight is 275 g/mol. The molecule has 1 aromatic heterocycles. The summed E-state index contributed by atoms with van der Waals surface area (Å²) in [4.78, 5) is 28.7. The molecule has 108 valence electrons. The molecule has 5 nitrogen and oxygen atoms in total. The normalized spacial score (nSPS) is 12.8. The van der Waals surface area contributed by atoms with E-state index in [1.54, 1.807) is 0 Å². The van der Waals surface area contributed by atoms with Gasteiger partial charge < -0.3 is 15.3 Å². The Balaban J connectivity index is 2.16. The van der Waals surface area contributed by atoms with Crippen LogP contribution in [0.2, 0.25) is 0 Å². The predicted octanol–water partition coefficient (Wildman–Crippen LogP) is 2.47. The quantitative estimate of drug-likeness (QED) is 0.784. The fourth-order valence-electron chi connectivity index (χ4n) is 2.39. The first kappa shape index (κ1) is 14.4. The molecule has 0 unspecified atom stereocenters. The first-order valence-corrected chi connectivity index (χ1v) is 7.07. The molecule has 0 radical (unpaired) electrons. The fourth-order valence-corrected chi connectivity index (χ4v) is 2.39. The lowest BCUT2D eigenvalue weighted by Crippen LogP contribution is -2.32. The van der Waals surface area contributed by atoms with E-state index >= 15 is 0 Å². The van der Waals surface area contributed by atoms with Gasteiger partial charge in [-0.05, 0) is 37.5 Å². The van der Waals surface area contributed by atoms with Crippen LogP contribution >= 0.6 is 0 Å². The molecule has 0 aliphatic rings. The van der Waals surface area contributed by atoms with Crippen molar-refractivity contribution in [2.75, 3.05) is 0 Å². The highest BCUT2D eigenvalue weighted by atomic mass is 16.2. The molecule has 1 amide bonds. The molecule has 20 heavy (non-hydrogen) atoms. The second kappa shape index (κ2) is 5.94. The van der Waals surface area contributed by atoms with Crippen molar-refractivity contribution in [3.8, 4) is 0 Å². The zero-order valence-corrected chi connectivity index (χ0v) is 12.1. The highest BCUT2D eigenvalue weighted by molar-refractivity contribution is 5.79. The third-order valence-corrected chi connectivity index (χ3v) is 3.76. The molecule has 2 aromatic rings. The number of carbonyl (C=O) groups is 1. The Hall–Kier alpha value is -2.04. The van der Waals surface area contributed by atoms with Gasteiger partial charge in [-0.25, -0.2) is 4.79 Å². The van der Waals surface area contributed by atoms with Gasteiger partial charge in [-0.1, -0.05) is 19.9 Å². The van der Waals surface area contributed by atoms with Gasteiger partial charge in [-0.3, -0.25) is 4.79 Å². The highest BCUT2D eigenvalue weighted by Gasteiger charge is 2.17. The van der Waals surface area contributed by atoms with E-state index in [0.29, 0.717) is 0 Å². The number of aromatic amines is 2. The Morgan fingerprint density at radius 2 is 1.85 bits per heavy atom. The number of amides is 1. The van der Waals surface area contributed by atoms with Crippen LogP contribution in [-0.4, -0.2) is 15.9 Å². The van der Waals surface area contributed by atoms with Gasteiger partial charge in [0.2, 0.25) is 5.91 Å². The maximum absolute atomic E-state index is 12.1. The van der Waals surface area contributed by atoms with E-state index < -0.39 is 0 Å². The molecule has 0 spiro atoms. The first-order valence-electron chi connectivity index (χ1n) is 7.07. The van der Waals surface area contributed by atoms with Crippen LogP contribution in [0.4, 0.5) is 0 Å². The number of hydrogen-bond acceptors (Lipinski definition) is 2. The van der Waals surface area contributed by atoms with Crippen molar-refractivity contribution in [3.63, 3.8) is 0 Å². The number of benzene rings is 1. The topological polar surface area (TPSA) is 77.8 Å². The lowest BCUT2D eigenvalue weighted by Gasteiger charge is -2.18. The molecule has 1 atom stereocenters. The van der Waals surface area contributed by atoms with E-state index in [1.165, 1.54) is 0 Å². The summed E-state index contributed by atoms with van der Waals surface area (Å²) in [5.74, 6) is 0.151. The smallest absolute Gasteiger partial charge is 0.323 e. The Kier molecular flexibility index (Phi) is 4.27. The molecule has 0 aliphatic carbocycles. The van der Waals surface area contributed by atoms with E-state index in [4.69, 9.17) is 0 Å². The minimum atomic E-state index is -0.217. The number of nitrogens with one attached hydrogen (secondary N) is 3. The highest BCUT2D eigenvalue weighted by Crippen LogP contribution is 2.18. The van der Waals surface area contributed by atoms with E-state index in [-0.39, 0.29) is 23.6 Å². The minimum absolute atomic E-state index is 0.0632. The van der Waals surface area contributed by atoms with E-state index in [0.717, 1.165) is 29.4 Å². The summed E-state index contributed by atoms with van der Waals surface area (Å²) in [7, 11) is 0. The summed E-state index contributed by atoms with van der Waals surface area (Å²) >= 11 is 0. The Bertz CT molecular complexity index is 652. The number of rotatable bonds is 5. The largest absolute Gasteiger partial charge is 0.349 e. The van der Waals surface area contributed by atoms with Crippen LogP contribution in [-0.2, 0) is 4.79 Å². The Labute approximate surface area is 117 Å². The van der Waals surface area contributed by atoms with E-state index in [1.807, 2.05) is 39.0 Å². The zero-order chi connectivity index (χ0) is 14.7. The second-order valence-electron chi connectivity index (χ2n) is 5.13. The molecule has 0 aliphatic heterocycles. The Morgan fingerprint density at radius 3 is 2.50 bits per heavy atom. The second-order valence-corrected chi connectivity index (χ2v) is 5.13. The number of hydrogen-bond donors (Lipinski definition) is 3. The standard InChI is InChI=1S/C15H21N3O2/c1-4-10(5-2)14(19)16-9(3)11-6-7-12-13(8-11)18-15(20)17-12/h6-10H,4-5H2,1-3H3,(H,16,19)(H2,17,18,20)/t9-/m1/s1. The summed E-state index contributed by atoms with van der Waals surface area (Å²) in [6, 6.07) is 5.59. The fraction of sp³-hybridized carbons (Fsp3) is 0.467. The third kappa shape index (κ3) is 2.92. The van der Waals surface area contributed by atoms with Crippen molar-refractivity contribution in [2.45, 2.75) is 39.7 Å². The van der Waals surface area contributed by atoms with Gasteiger partial charge in [-0.2, -0.15) is 0 Å². The van der Waals surface area contributed by atoms with Crippen LogP contribution in [0.1, 0.15) is 45.2 Å². The molecule has 5 heteroatoms. The zero-order valence-electron chi connectivity index (χ0n) is 12.1. The minimum Gasteiger partial charge on any atom is -0.349 e. The summed E-state index contributed by atoms with van der Waals surface area (Å²) in [5.41, 5.74) is 2.30. The average Bonchev–Trinajstić information content (AvgIpc) is 2.78. The van der Waals surface area contributed by atoms with Crippen LogP contribution in [0, 0.1) is 5.92 Å². The summed E-state index contributed by atoms with van der Waals surface area (Å²) in [6.45, 7) is 6.00.